The first-order valence-corrected chi connectivity index (χ1v) is 19.7. The zero-order valence-corrected chi connectivity index (χ0v) is 34.4. The number of phenols is 2. The largest absolute Gasteiger partial charge is 0.504 e. The molecule has 3 aromatic carbocycles. The van der Waals surface area contributed by atoms with E-state index in [4.69, 9.17) is 47.4 Å². The minimum atomic E-state index is -0.484. The molecular weight excluding hydrogens is 820 g/mol. The fraction of sp³-hybridized carbons (Fsp3) is 0.476. The van der Waals surface area contributed by atoms with Crippen LogP contribution >= 0.6 is 0 Å². The predicted octanol–water partition coefficient (Wildman–Crippen LogP) is 0.955. The van der Waals surface area contributed by atoms with Gasteiger partial charge in [0, 0.05) is 24.2 Å². The average molecular weight is 877 g/mol. The third-order valence-electron chi connectivity index (χ3n) is 8.22. The van der Waals surface area contributed by atoms with Crippen LogP contribution in [-0.4, -0.2) is 164 Å². The second-order valence-corrected chi connectivity index (χ2v) is 12.6. The third-order valence-corrected chi connectivity index (χ3v) is 8.22. The van der Waals surface area contributed by atoms with Crippen molar-refractivity contribution in [3.63, 3.8) is 0 Å². The van der Waals surface area contributed by atoms with E-state index < -0.39 is 38.2 Å². The van der Waals surface area contributed by atoms with Gasteiger partial charge in [-0.2, -0.15) is 0 Å². The first-order chi connectivity index (χ1) is 30.3. The van der Waals surface area contributed by atoms with E-state index >= 15 is 0 Å². The number of benzene rings is 3. The van der Waals surface area contributed by atoms with E-state index in [0.29, 0.717) is 52.2 Å². The number of rotatable bonds is 36. The van der Waals surface area contributed by atoms with Crippen molar-refractivity contribution in [2.75, 3.05) is 119 Å². The lowest BCUT2D eigenvalue weighted by Gasteiger charge is -2.18. The van der Waals surface area contributed by atoms with Gasteiger partial charge in [-0.3, -0.25) is 19.2 Å². The van der Waals surface area contributed by atoms with E-state index in [1.807, 2.05) is 0 Å². The average Bonchev–Trinajstić information content (AvgIpc) is 3.28. The lowest BCUT2D eigenvalue weighted by Crippen LogP contribution is -2.33. The Morgan fingerprint density at radius 1 is 0.468 bits per heavy atom. The van der Waals surface area contributed by atoms with Crippen molar-refractivity contribution >= 4 is 24.4 Å². The number of aldehydes is 2. The fourth-order valence-electron chi connectivity index (χ4n) is 5.12. The molecule has 3 aromatic rings. The van der Waals surface area contributed by atoms with Crippen LogP contribution < -0.4 is 29.6 Å². The number of para-hydroxylation sites is 2. The summed E-state index contributed by atoms with van der Waals surface area (Å²) in [5.74, 6) is -0.981. The standard InChI is InChI=1S/C42H56N2O18/c45-25-31-3-1-5-35(39(31)51)59-23-21-57-19-17-55-15-13-53-11-9-43-37(49)29-61-41-33(27-47)7-8-34(28-48)42(41)62-30-38(50)44-10-12-54-14-16-56-18-20-58-22-24-60-36-6-2-4-32(26-46)40(36)52/h1-8,25-26,47-48,51-52H,9-24,27-30H2,(H,43,49)(H,44,50). The third kappa shape index (κ3) is 19.4. The number of carbonyl (C=O) groups is 4. The molecule has 3 rings (SSSR count). The Morgan fingerprint density at radius 2 is 0.806 bits per heavy atom. The molecule has 0 aromatic heterocycles. The van der Waals surface area contributed by atoms with Crippen LogP contribution in [0.3, 0.4) is 0 Å². The minimum Gasteiger partial charge on any atom is -0.504 e. The maximum Gasteiger partial charge on any atom is 0.258 e. The SMILES string of the molecule is O=Cc1cccc(OCCOCCOCCOCCNC(=O)COc2c(CO)ccc(CO)c2OCC(=O)NCCOCCOCCOCCOc2cccc(C=O)c2O)c1O. The summed E-state index contributed by atoms with van der Waals surface area (Å²) in [5, 5.41) is 44.9. The Kier molecular flexibility index (Phi) is 25.6. The Balaban J connectivity index is 1.19. The number of carbonyl (C=O) groups excluding carboxylic acids is 4. The van der Waals surface area contributed by atoms with Crippen molar-refractivity contribution in [3.05, 3.63) is 70.8 Å². The number of hydrogen-bond donors (Lipinski definition) is 6. The first kappa shape index (κ1) is 50.8. The van der Waals surface area contributed by atoms with Crippen molar-refractivity contribution in [3.8, 4) is 34.5 Å². The zero-order chi connectivity index (χ0) is 44.6. The monoisotopic (exact) mass is 876 g/mol. The number of nitrogens with one attached hydrogen (secondary N) is 2. The summed E-state index contributed by atoms with van der Waals surface area (Å²) in [6.45, 7) is 2.22. The second-order valence-electron chi connectivity index (χ2n) is 12.6. The van der Waals surface area contributed by atoms with Crippen LogP contribution in [0.4, 0.5) is 0 Å². The van der Waals surface area contributed by atoms with Crippen molar-refractivity contribution in [2.45, 2.75) is 13.2 Å². The molecule has 20 heteroatoms. The van der Waals surface area contributed by atoms with Gasteiger partial charge < -0.3 is 78.4 Å². The van der Waals surface area contributed by atoms with Crippen molar-refractivity contribution in [1.82, 2.24) is 10.6 Å². The van der Waals surface area contributed by atoms with E-state index in [1.54, 1.807) is 24.3 Å². The highest BCUT2D eigenvalue weighted by molar-refractivity contribution is 5.81. The lowest BCUT2D eigenvalue weighted by atomic mass is 10.1. The smallest absolute Gasteiger partial charge is 0.258 e. The minimum absolute atomic E-state index is 0.0132. The van der Waals surface area contributed by atoms with Crippen LogP contribution in [0.15, 0.2) is 48.5 Å². The van der Waals surface area contributed by atoms with Crippen LogP contribution in [0.5, 0.6) is 34.5 Å². The molecule has 0 radical (unpaired) electrons. The number of phenolic OH excluding ortho intramolecular Hbond substituents is 2. The molecule has 0 spiro atoms. The Bertz CT molecular complexity index is 1650. The maximum atomic E-state index is 12.5. The molecule has 0 aliphatic rings. The predicted molar refractivity (Wildman–Crippen MR) is 218 cm³/mol. The zero-order valence-electron chi connectivity index (χ0n) is 34.4. The van der Waals surface area contributed by atoms with E-state index in [9.17, 15) is 39.6 Å². The lowest BCUT2D eigenvalue weighted by molar-refractivity contribution is -0.124. The summed E-state index contributed by atoms with van der Waals surface area (Å²) < 4.78 is 54.9. The Labute approximate surface area is 358 Å². The molecule has 0 aliphatic carbocycles. The van der Waals surface area contributed by atoms with Gasteiger partial charge in [-0.25, -0.2) is 0 Å². The van der Waals surface area contributed by atoms with Gasteiger partial charge in [0.05, 0.1) is 104 Å². The number of aromatic hydroxyl groups is 2. The number of aliphatic hydroxyl groups excluding tert-OH is 2. The highest BCUT2D eigenvalue weighted by Crippen LogP contribution is 2.36. The number of amides is 2. The number of ether oxygens (including phenoxy) is 10. The molecule has 6 N–H and O–H groups in total. The van der Waals surface area contributed by atoms with Crippen LogP contribution in [0.1, 0.15) is 31.8 Å². The van der Waals surface area contributed by atoms with Crippen LogP contribution in [0, 0.1) is 0 Å². The van der Waals surface area contributed by atoms with Gasteiger partial charge in [-0.1, -0.05) is 24.3 Å². The molecule has 20 nitrogen and oxygen atoms in total. The van der Waals surface area contributed by atoms with Gasteiger partial charge >= 0.3 is 0 Å². The number of aliphatic hydroxyl groups is 2. The van der Waals surface area contributed by atoms with Gasteiger partial charge in [-0.05, 0) is 24.3 Å². The summed E-state index contributed by atoms with van der Waals surface area (Å²) >= 11 is 0. The summed E-state index contributed by atoms with van der Waals surface area (Å²) in [6.07, 6.45) is 1.08. The van der Waals surface area contributed by atoms with Crippen LogP contribution in [0.2, 0.25) is 0 Å². The highest BCUT2D eigenvalue weighted by atomic mass is 16.6. The summed E-state index contributed by atoms with van der Waals surface area (Å²) in [6, 6.07) is 12.3. The molecule has 0 aliphatic heterocycles. The van der Waals surface area contributed by atoms with Gasteiger partial charge in [0.25, 0.3) is 11.8 Å². The quantitative estimate of drug-likeness (QED) is 0.0351. The molecule has 0 saturated carbocycles. The normalized spacial score (nSPS) is 10.9. The summed E-state index contributed by atoms with van der Waals surface area (Å²) in [5.41, 5.74) is 0.845. The number of hydrogen-bond acceptors (Lipinski definition) is 18. The summed E-state index contributed by atoms with van der Waals surface area (Å²) in [7, 11) is 0. The molecule has 0 saturated heterocycles. The maximum absolute atomic E-state index is 12.5. The van der Waals surface area contributed by atoms with Gasteiger partial charge in [-0.15, -0.1) is 0 Å². The summed E-state index contributed by atoms with van der Waals surface area (Å²) in [4.78, 5) is 46.8. The van der Waals surface area contributed by atoms with E-state index in [1.165, 1.54) is 24.3 Å². The second kappa shape index (κ2) is 31.3. The van der Waals surface area contributed by atoms with E-state index in [2.05, 4.69) is 10.6 Å². The van der Waals surface area contributed by atoms with E-state index in [0.717, 1.165) is 0 Å². The van der Waals surface area contributed by atoms with Crippen molar-refractivity contribution in [1.29, 1.82) is 0 Å². The molecule has 342 valence electrons. The molecule has 0 atom stereocenters. The molecule has 0 heterocycles. The topological polar surface area (TPSA) is 266 Å². The first-order valence-electron chi connectivity index (χ1n) is 19.7. The van der Waals surface area contributed by atoms with E-state index in [-0.39, 0.29) is 123 Å². The Morgan fingerprint density at radius 3 is 1.15 bits per heavy atom. The fourth-order valence-corrected chi connectivity index (χ4v) is 5.12. The van der Waals surface area contributed by atoms with Gasteiger partial charge in [0.1, 0.15) is 13.2 Å². The molecule has 2 amide bonds. The van der Waals surface area contributed by atoms with Crippen molar-refractivity contribution in [2.24, 2.45) is 0 Å². The van der Waals surface area contributed by atoms with Gasteiger partial charge in [0.2, 0.25) is 0 Å². The molecular formula is C42H56N2O18. The Hall–Kier alpha value is -5.58. The van der Waals surface area contributed by atoms with Crippen LogP contribution in [0.25, 0.3) is 0 Å². The molecule has 0 fully saturated rings. The highest BCUT2D eigenvalue weighted by Gasteiger charge is 2.19. The van der Waals surface area contributed by atoms with Gasteiger partial charge in [0.15, 0.2) is 60.3 Å². The molecule has 0 unspecified atom stereocenters. The molecule has 62 heavy (non-hydrogen) atoms. The molecule has 0 bridgehead atoms. The van der Waals surface area contributed by atoms with Crippen LogP contribution in [-0.2, 0) is 51.2 Å². The van der Waals surface area contributed by atoms with Crippen molar-refractivity contribution < 1.29 is 87.0 Å².